The van der Waals surface area contributed by atoms with Crippen molar-refractivity contribution in [3.05, 3.63) is 65.1 Å². The molecule has 0 atom stereocenters. The standard InChI is InChI=1S/C18H13NO4S2/c20-16(21)11-19-17(22)15(25-18(19)24)10-12-6-8-14(9-7-12)23-13-4-2-1-3-5-13/h1-10H,11H2,(H,20,21)/b15-10-. The monoisotopic (exact) mass is 371 g/mol. The third-order valence-corrected chi connectivity index (χ3v) is 4.70. The number of carboxylic acids is 1. The number of carbonyl (C=O) groups is 2. The van der Waals surface area contributed by atoms with Gasteiger partial charge in [-0.25, -0.2) is 0 Å². The van der Waals surface area contributed by atoms with Gasteiger partial charge in [-0.05, 0) is 35.9 Å². The molecule has 1 N–H and O–H groups in total. The molecular formula is C18H13NO4S2. The molecule has 1 aliphatic rings. The number of carboxylic acid groups (broad SMARTS) is 1. The normalized spacial score (nSPS) is 15.7. The van der Waals surface area contributed by atoms with E-state index in [9.17, 15) is 9.59 Å². The summed E-state index contributed by atoms with van der Waals surface area (Å²) in [4.78, 5) is 24.5. The number of para-hydroxylation sites is 1. The van der Waals surface area contributed by atoms with Crippen LogP contribution < -0.4 is 4.74 Å². The molecule has 1 aliphatic heterocycles. The van der Waals surface area contributed by atoms with Gasteiger partial charge in [-0.2, -0.15) is 0 Å². The van der Waals surface area contributed by atoms with Crippen LogP contribution in [0.4, 0.5) is 0 Å². The number of thioether (sulfide) groups is 1. The molecule has 0 radical (unpaired) electrons. The molecule has 2 aromatic carbocycles. The Balaban J connectivity index is 1.72. The summed E-state index contributed by atoms with van der Waals surface area (Å²) in [5.74, 6) is -0.0615. The molecule has 0 spiro atoms. The molecule has 0 aromatic heterocycles. The van der Waals surface area contributed by atoms with Crippen LogP contribution in [0.15, 0.2) is 59.5 Å². The number of hydrogen-bond donors (Lipinski definition) is 1. The summed E-state index contributed by atoms with van der Waals surface area (Å²) in [7, 11) is 0. The molecule has 2 aromatic rings. The van der Waals surface area contributed by atoms with E-state index in [4.69, 9.17) is 22.1 Å². The number of nitrogens with zero attached hydrogens (tertiary/aromatic N) is 1. The second kappa shape index (κ2) is 7.50. The Hall–Kier alpha value is -2.64. The minimum Gasteiger partial charge on any atom is -0.480 e. The van der Waals surface area contributed by atoms with E-state index in [0.29, 0.717) is 10.7 Å². The van der Waals surface area contributed by atoms with Crippen molar-refractivity contribution in [3.63, 3.8) is 0 Å². The van der Waals surface area contributed by atoms with E-state index in [2.05, 4.69) is 0 Å². The van der Waals surface area contributed by atoms with Gasteiger partial charge in [-0.15, -0.1) is 0 Å². The molecule has 3 rings (SSSR count). The summed E-state index contributed by atoms with van der Waals surface area (Å²) >= 11 is 6.17. The third-order valence-electron chi connectivity index (χ3n) is 3.32. The lowest BCUT2D eigenvalue weighted by Gasteiger charge is -2.10. The third kappa shape index (κ3) is 4.26. The number of thiocarbonyl (C=S) groups is 1. The summed E-state index contributed by atoms with van der Waals surface area (Å²) in [6, 6.07) is 16.7. The molecule has 5 nitrogen and oxygen atoms in total. The Bertz CT molecular complexity index is 847. The maximum Gasteiger partial charge on any atom is 0.323 e. The Morgan fingerprint density at radius 3 is 2.40 bits per heavy atom. The number of rotatable bonds is 5. The fraction of sp³-hybridized carbons (Fsp3) is 0.0556. The zero-order valence-electron chi connectivity index (χ0n) is 12.9. The van der Waals surface area contributed by atoms with Gasteiger partial charge < -0.3 is 9.84 Å². The van der Waals surface area contributed by atoms with Crippen LogP contribution in [0.2, 0.25) is 0 Å². The molecule has 126 valence electrons. The van der Waals surface area contributed by atoms with Gasteiger partial charge in [0, 0.05) is 0 Å². The molecule has 0 saturated carbocycles. The quantitative estimate of drug-likeness (QED) is 0.638. The highest BCUT2D eigenvalue weighted by molar-refractivity contribution is 8.26. The summed E-state index contributed by atoms with van der Waals surface area (Å²) in [6.45, 7) is -0.425. The van der Waals surface area contributed by atoms with E-state index in [1.54, 1.807) is 18.2 Å². The van der Waals surface area contributed by atoms with Gasteiger partial charge in [0.1, 0.15) is 22.4 Å². The number of benzene rings is 2. The fourth-order valence-corrected chi connectivity index (χ4v) is 3.43. The summed E-state index contributed by atoms with van der Waals surface area (Å²) in [5, 5.41) is 8.84. The molecule has 0 bridgehead atoms. The van der Waals surface area contributed by atoms with Crippen LogP contribution in [0.1, 0.15) is 5.56 Å². The molecular weight excluding hydrogens is 358 g/mol. The molecule has 1 amide bonds. The van der Waals surface area contributed by atoms with E-state index in [0.717, 1.165) is 28.0 Å². The number of ether oxygens (including phenoxy) is 1. The zero-order chi connectivity index (χ0) is 17.8. The Morgan fingerprint density at radius 1 is 1.12 bits per heavy atom. The highest BCUT2D eigenvalue weighted by Crippen LogP contribution is 2.32. The van der Waals surface area contributed by atoms with Crippen LogP contribution in [-0.2, 0) is 9.59 Å². The van der Waals surface area contributed by atoms with E-state index >= 15 is 0 Å². The van der Waals surface area contributed by atoms with Gasteiger partial charge in [0.25, 0.3) is 5.91 Å². The van der Waals surface area contributed by atoms with Crippen LogP contribution in [0.5, 0.6) is 11.5 Å². The van der Waals surface area contributed by atoms with Crippen molar-refractivity contribution in [2.45, 2.75) is 0 Å². The summed E-state index contributed by atoms with van der Waals surface area (Å²) in [5.41, 5.74) is 0.802. The molecule has 0 unspecified atom stereocenters. The highest BCUT2D eigenvalue weighted by atomic mass is 32.2. The summed E-state index contributed by atoms with van der Waals surface area (Å²) in [6.07, 6.45) is 1.69. The van der Waals surface area contributed by atoms with Crippen molar-refractivity contribution < 1.29 is 19.4 Å². The first-order valence-electron chi connectivity index (χ1n) is 7.33. The minimum absolute atomic E-state index is 0.252. The van der Waals surface area contributed by atoms with Crippen molar-refractivity contribution in [1.29, 1.82) is 0 Å². The van der Waals surface area contributed by atoms with Crippen molar-refractivity contribution in [3.8, 4) is 11.5 Å². The van der Waals surface area contributed by atoms with Gasteiger partial charge >= 0.3 is 5.97 Å². The van der Waals surface area contributed by atoms with Crippen molar-refractivity contribution in [2.75, 3.05) is 6.54 Å². The van der Waals surface area contributed by atoms with Crippen molar-refractivity contribution in [2.24, 2.45) is 0 Å². The van der Waals surface area contributed by atoms with Gasteiger partial charge in [0.2, 0.25) is 0 Å². The van der Waals surface area contributed by atoms with E-state index in [-0.39, 0.29) is 10.2 Å². The second-order valence-corrected chi connectivity index (χ2v) is 6.82. The number of hydrogen-bond acceptors (Lipinski definition) is 5. The average molecular weight is 371 g/mol. The molecule has 25 heavy (non-hydrogen) atoms. The van der Waals surface area contributed by atoms with E-state index in [1.807, 2.05) is 42.5 Å². The smallest absolute Gasteiger partial charge is 0.323 e. The second-order valence-electron chi connectivity index (χ2n) is 5.15. The maximum atomic E-state index is 12.2. The lowest BCUT2D eigenvalue weighted by molar-refractivity contribution is -0.140. The van der Waals surface area contributed by atoms with E-state index < -0.39 is 12.5 Å². The summed E-state index contributed by atoms with van der Waals surface area (Å²) < 4.78 is 5.97. The first kappa shape index (κ1) is 17.2. The number of amides is 1. The fourth-order valence-electron chi connectivity index (χ4n) is 2.18. The van der Waals surface area contributed by atoms with Crippen LogP contribution in [0, 0.1) is 0 Å². The van der Waals surface area contributed by atoms with Gasteiger partial charge in [-0.1, -0.05) is 54.3 Å². The Labute approximate surface area is 153 Å². The molecule has 1 saturated heterocycles. The first-order chi connectivity index (χ1) is 12.0. The lowest BCUT2D eigenvalue weighted by Crippen LogP contribution is -2.33. The van der Waals surface area contributed by atoms with Crippen LogP contribution in [-0.4, -0.2) is 32.7 Å². The number of carbonyl (C=O) groups excluding carboxylic acids is 1. The van der Waals surface area contributed by atoms with Gasteiger partial charge in [0.15, 0.2) is 0 Å². The predicted octanol–water partition coefficient (Wildman–Crippen LogP) is 3.76. The minimum atomic E-state index is -1.10. The zero-order valence-corrected chi connectivity index (χ0v) is 14.5. The molecule has 7 heteroatoms. The number of aliphatic carboxylic acids is 1. The Kier molecular flexibility index (Phi) is 5.16. The van der Waals surface area contributed by atoms with Gasteiger partial charge in [-0.3, -0.25) is 14.5 Å². The first-order valence-corrected chi connectivity index (χ1v) is 8.55. The van der Waals surface area contributed by atoms with Crippen molar-refractivity contribution in [1.82, 2.24) is 4.90 Å². The topological polar surface area (TPSA) is 66.8 Å². The van der Waals surface area contributed by atoms with Crippen LogP contribution in [0.3, 0.4) is 0 Å². The largest absolute Gasteiger partial charge is 0.480 e. The van der Waals surface area contributed by atoms with E-state index in [1.165, 1.54) is 0 Å². The van der Waals surface area contributed by atoms with Crippen LogP contribution >= 0.6 is 24.0 Å². The average Bonchev–Trinajstić information content (AvgIpc) is 2.85. The predicted molar refractivity (Wildman–Crippen MR) is 100 cm³/mol. The SMILES string of the molecule is O=C(O)CN1C(=O)/C(=C/c2ccc(Oc3ccccc3)cc2)SC1=S. The van der Waals surface area contributed by atoms with Crippen LogP contribution in [0.25, 0.3) is 6.08 Å². The highest BCUT2D eigenvalue weighted by Gasteiger charge is 2.33. The molecule has 1 fully saturated rings. The van der Waals surface area contributed by atoms with Gasteiger partial charge in [0.05, 0.1) is 4.91 Å². The molecule has 0 aliphatic carbocycles. The molecule has 1 heterocycles. The Morgan fingerprint density at radius 2 is 1.76 bits per heavy atom. The lowest BCUT2D eigenvalue weighted by atomic mass is 10.2. The maximum absolute atomic E-state index is 12.2. The van der Waals surface area contributed by atoms with Crippen molar-refractivity contribution >= 4 is 46.3 Å².